The van der Waals surface area contributed by atoms with Crippen LogP contribution in [-0.4, -0.2) is 20.9 Å². The first-order chi connectivity index (χ1) is 6.54. The summed E-state index contributed by atoms with van der Waals surface area (Å²) in [5.74, 6) is -0.831. The van der Waals surface area contributed by atoms with E-state index in [0.717, 1.165) is 12.1 Å². The van der Waals surface area contributed by atoms with Crippen molar-refractivity contribution in [2.75, 3.05) is 0 Å². The lowest BCUT2D eigenvalue weighted by atomic mass is 10.2. The summed E-state index contributed by atoms with van der Waals surface area (Å²) in [5.41, 5.74) is 0.809. The molecule has 1 aromatic rings. The summed E-state index contributed by atoms with van der Waals surface area (Å²) >= 11 is 5.89. The van der Waals surface area contributed by atoms with Gasteiger partial charge in [0.05, 0.1) is 23.2 Å². The average molecular weight is 217 g/mol. The predicted molar refractivity (Wildman–Crippen MR) is 53.6 cm³/mol. The van der Waals surface area contributed by atoms with Crippen LogP contribution in [0.5, 0.6) is 0 Å². The number of aromatic nitrogens is 2. The Labute approximate surface area is 87.5 Å². The Bertz CT molecular complexity index is 336. The van der Waals surface area contributed by atoms with Gasteiger partial charge in [-0.25, -0.2) is 0 Å². The topological polar surface area (TPSA) is 55.1 Å². The molecular formula is C9H13ClN2O2. The van der Waals surface area contributed by atoms with E-state index in [1.54, 1.807) is 17.8 Å². The van der Waals surface area contributed by atoms with Gasteiger partial charge < -0.3 is 5.11 Å². The molecule has 0 bridgehead atoms. The van der Waals surface area contributed by atoms with Crippen LogP contribution in [0.1, 0.15) is 32.0 Å². The van der Waals surface area contributed by atoms with E-state index >= 15 is 0 Å². The predicted octanol–water partition coefficient (Wildman–Crippen LogP) is 2.13. The van der Waals surface area contributed by atoms with Crippen LogP contribution in [-0.2, 0) is 11.2 Å². The summed E-state index contributed by atoms with van der Waals surface area (Å²) in [4.78, 5) is 10.5. The highest BCUT2D eigenvalue weighted by Crippen LogP contribution is 2.18. The number of carboxylic acid groups (broad SMARTS) is 1. The van der Waals surface area contributed by atoms with Crippen LogP contribution in [0.25, 0.3) is 0 Å². The third kappa shape index (κ3) is 2.48. The van der Waals surface area contributed by atoms with Gasteiger partial charge in [-0.3, -0.25) is 9.48 Å². The van der Waals surface area contributed by atoms with Gasteiger partial charge >= 0.3 is 5.97 Å². The zero-order valence-electron chi connectivity index (χ0n) is 8.20. The zero-order valence-corrected chi connectivity index (χ0v) is 8.95. The monoisotopic (exact) mass is 216 g/mol. The molecule has 0 fully saturated rings. The Kier molecular flexibility index (Phi) is 3.52. The first-order valence-electron chi connectivity index (χ1n) is 4.50. The Morgan fingerprint density at radius 1 is 1.79 bits per heavy atom. The molecule has 0 saturated heterocycles. The maximum atomic E-state index is 10.5. The molecule has 1 aromatic heterocycles. The molecule has 0 saturated carbocycles. The second kappa shape index (κ2) is 4.46. The summed E-state index contributed by atoms with van der Waals surface area (Å²) in [6.07, 6.45) is 2.49. The fourth-order valence-electron chi connectivity index (χ4n) is 1.22. The molecular weight excluding hydrogens is 204 g/mol. The van der Waals surface area contributed by atoms with Crippen LogP contribution in [0.4, 0.5) is 0 Å². The smallest absolute Gasteiger partial charge is 0.305 e. The van der Waals surface area contributed by atoms with E-state index in [2.05, 4.69) is 5.10 Å². The highest BCUT2D eigenvalue weighted by atomic mass is 35.5. The van der Waals surface area contributed by atoms with Crippen LogP contribution in [0, 0.1) is 0 Å². The molecule has 0 radical (unpaired) electrons. The van der Waals surface area contributed by atoms with Crippen molar-refractivity contribution in [1.82, 2.24) is 9.78 Å². The molecule has 0 aromatic carbocycles. The molecule has 0 aliphatic rings. The molecule has 78 valence electrons. The Hall–Kier alpha value is -1.03. The molecule has 0 amide bonds. The zero-order chi connectivity index (χ0) is 10.7. The second-order valence-corrected chi connectivity index (χ2v) is 3.61. The highest BCUT2D eigenvalue weighted by molar-refractivity contribution is 6.31. The average Bonchev–Trinajstić information content (AvgIpc) is 2.45. The summed E-state index contributed by atoms with van der Waals surface area (Å²) in [5, 5.41) is 13.4. The van der Waals surface area contributed by atoms with Crippen molar-refractivity contribution in [2.45, 2.75) is 32.7 Å². The summed E-state index contributed by atoms with van der Waals surface area (Å²) in [7, 11) is 0. The maximum Gasteiger partial charge on any atom is 0.305 e. The Balaban J connectivity index is 2.80. The van der Waals surface area contributed by atoms with Crippen LogP contribution >= 0.6 is 11.6 Å². The van der Waals surface area contributed by atoms with Crippen molar-refractivity contribution < 1.29 is 9.90 Å². The molecule has 14 heavy (non-hydrogen) atoms. The molecule has 1 rings (SSSR count). The molecule has 4 nitrogen and oxygen atoms in total. The van der Waals surface area contributed by atoms with Crippen LogP contribution in [0.15, 0.2) is 6.20 Å². The molecule has 1 N–H and O–H groups in total. The van der Waals surface area contributed by atoms with Gasteiger partial charge in [0.2, 0.25) is 0 Å². The van der Waals surface area contributed by atoms with Crippen molar-refractivity contribution >= 4 is 17.6 Å². The van der Waals surface area contributed by atoms with Crippen LogP contribution in [0.3, 0.4) is 0 Å². The summed E-state index contributed by atoms with van der Waals surface area (Å²) in [6, 6.07) is -0.162. The molecule has 1 atom stereocenters. The minimum atomic E-state index is -0.831. The van der Waals surface area contributed by atoms with Crippen molar-refractivity contribution in [3.63, 3.8) is 0 Å². The third-order valence-corrected chi connectivity index (χ3v) is 2.33. The van der Waals surface area contributed by atoms with Gasteiger partial charge in [-0.05, 0) is 13.3 Å². The lowest BCUT2D eigenvalue weighted by molar-refractivity contribution is -0.137. The van der Waals surface area contributed by atoms with Crippen molar-refractivity contribution in [3.05, 3.63) is 16.9 Å². The first kappa shape index (κ1) is 11.0. The van der Waals surface area contributed by atoms with Crippen LogP contribution in [0.2, 0.25) is 5.02 Å². The number of aryl methyl sites for hydroxylation is 1. The standard InChI is InChI=1S/C9H13ClN2O2/c1-3-8-7(10)5-12(11-8)6(2)4-9(13)14/h5-6H,3-4H2,1-2H3,(H,13,14). The summed E-state index contributed by atoms with van der Waals surface area (Å²) in [6.45, 7) is 3.76. The summed E-state index contributed by atoms with van der Waals surface area (Å²) < 4.78 is 1.61. The van der Waals surface area contributed by atoms with Gasteiger partial charge in [0, 0.05) is 6.20 Å². The maximum absolute atomic E-state index is 10.5. The van der Waals surface area contributed by atoms with E-state index in [-0.39, 0.29) is 12.5 Å². The molecule has 0 aliphatic heterocycles. The minimum Gasteiger partial charge on any atom is -0.481 e. The number of hydrogen-bond acceptors (Lipinski definition) is 2. The molecule has 0 aliphatic carbocycles. The largest absolute Gasteiger partial charge is 0.481 e. The van der Waals surface area contributed by atoms with Crippen molar-refractivity contribution in [1.29, 1.82) is 0 Å². The lowest BCUT2D eigenvalue weighted by Crippen LogP contribution is -2.11. The van der Waals surface area contributed by atoms with E-state index in [1.807, 2.05) is 6.92 Å². The minimum absolute atomic E-state index is 0.0567. The number of aliphatic carboxylic acids is 1. The van der Waals surface area contributed by atoms with E-state index < -0.39 is 5.97 Å². The van der Waals surface area contributed by atoms with E-state index in [0.29, 0.717) is 5.02 Å². The van der Waals surface area contributed by atoms with E-state index in [1.165, 1.54) is 0 Å². The van der Waals surface area contributed by atoms with Gasteiger partial charge in [-0.1, -0.05) is 18.5 Å². The molecule has 5 heteroatoms. The fraction of sp³-hybridized carbons (Fsp3) is 0.556. The van der Waals surface area contributed by atoms with Crippen molar-refractivity contribution in [2.24, 2.45) is 0 Å². The highest BCUT2D eigenvalue weighted by Gasteiger charge is 2.13. The van der Waals surface area contributed by atoms with E-state index in [9.17, 15) is 4.79 Å². The van der Waals surface area contributed by atoms with Crippen molar-refractivity contribution in [3.8, 4) is 0 Å². The number of halogens is 1. The van der Waals surface area contributed by atoms with Gasteiger partial charge in [-0.2, -0.15) is 5.10 Å². The second-order valence-electron chi connectivity index (χ2n) is 3.20. The SMILES string of the molecule is CCc1nn(C(C)CC(=O)O)cc1Cl. The fourth-order valence-corrected chi connectivity index (χ4v) is 1.49. The molecule has 1 heterocycles. The normalized spacial score (nSPS) is 12.8. The molecule has 1 unspecified atom stereocenters. The first-order valence-corrected chi connectivity index (χ1v) is 4.87. The van der Waals surface area contributed by atoms with E-state index in [4.69, 9.17) is 16.7 Å². The number of carbonyl (C=O) groups is 1. The quantitative estimate of drug-likeness (QED) is 0.839. The number of rotatable bonds is 4. The number of hydrogen-bond donors (Lipinski definition) is 1. The third-order valence-electron chi connectivity index (χ3n) is 2.01. The van der Waals surface area contributed by atoms with Gasteiger partial charge in [-0.15, -0.1) is 0 Å². The lowest BCUT2D eigenvalue weighted by Gasteiger charge is -2.08. The van der Waals surface area contributed by atoms with Gasteiger partial charge in [0.25, 0.3) is 0 Å². The molecule has 0 spiro atoms. The number of nitrogens with zero attached hydrogens (tertiary/aromatic N) is 2. The Morgan fingerprint density at radius 3 is 2.86 bits per heavy atom. The van der Waals surface area contributed by atoms with Crippen LogP contribution < -0.4 is 0 Å². The van der Waals surface area contributed by atoms with Gasteiger partial charge in [0.1, 0.15) is 0 Å². The number of carboxylic acids is 1. The Morgan fingerprint density at radius 2 is 2.43 bits per heavy atom. The van der Waals surface area contributed by atoms with Gasteiger partial charge in [0.15, 0.2) is 0 Å².